The van der Waals surface area contributed by atoms with Gasteiger partial charge in [-0.3, -0.25) is 9.59 Å². The summed E-state index contributed by atoms with van der Waals surface area (Å²) < 4.78 is 1.18. The van der Waals surface area contributed by atoms with Crippen LogP contribution in [0.4, 0.5) is 16.6 Å². The standard InChI is InChI=1S/C19H19ClN6O2S/c20-14-2-1-3-15(12-14)24-7-9-25(10-8-24)16-4-5-18(28)26(23-16)13-17(27)22-19-21-6-11-29-19/h1-6,11-12H,7-10,13H2,(H,21,22,27). The molecule has 0 unspecified atom stereocenters. The van der Waals surface area contributed by atoms with E-state index in [1.165, 1.54) is 22.1 Å². The molecule has 8 nitrogen and oxygen atoms in total. The monoisotopic (exact) mass is 430 g/mol. The summed E-state index contributed by atoms with van der Waals surface area (Å²) >= 11 is 7.41. The van der Waals surface area contributed by atoms with Gasteiger partial charge in [-0.15, -0.1) is 11.3 Å². The number of carbonyl (C=O) groups excluding carboxylic acids is 1. The number of carbonyl (C=O) groups is 1. The number of aromatic nitrogens is 3. The van der Waals surface area contributed by atoms with Gasteiger partial charge in [0.2, 0.25) is 5.91 Å². The summed E-state index contributed by atoms with van der Waals surface area (Å²) in [5.41, 5.74) is 0.773. The van der Waals surface area contributed by atoms with Crippen LogP contribution in [0.3, 0.4) is 0 Å². The molecule has 0 spiro atoms. The van der Waals surface area contributed by atoms with Gasteiger partial charge in [0, 0.05) is 54.5 Å². The number of piperazine rings is 1. The van der Waals surface area contributed by atoms with Crippen molar-refractivity contribution in [1.82, 2.24) is 14.8 Å². The third-order valence-corrected chi connectivity index (χ3v) is 5.53. The number of anilines is 3. The van der Waals surface area contributed by atoms with Crippen LogP contribution in [0.1, 0.15) is 0 Å². The van der Waals surface area contributed by atoms with Gasteiger partial charge in [0.05, 0.1) is 0 Å². The van der Waals surface area contributed by atoms with Crippen molar-refractivity contribution in [2.45, 2.75) is 6.54 Å². The van der Waals surface area contributed by atoms with E-state index >= 15 is 0 Å². The second kappa shape index (κ2) is 8.62. The highest BCUT2D eigenvalue weighted by Gasteiger charge is 2.19. The second-order valence-corrected chi connectivity index (χ2v) is 7.86. The van der Waals surface area contributed by atoms with E-state index in [1.54, 1.807) is 17.6 Å². The lowest BCUT2D eigenvalue weighted by Gasteiger charge is -2.36. The molecule has 1 amide bonds. The molecule has 4 rings (SSSR count). The van der Waals surface area contributed by atoms with Gasteiger partial charge in [-0.25, -0.2) is 9.67 Å². The number of nitrogens with one attached hydrogen (secondary N) is 1. The van der Waals surface area contributed by atoms with Gasteiger partial charge in [0.15, 0.2) is 5.13 Å². The summed E-state index contributed by atoms with van der Waals surface area (Å²) in [6.07, 6.45) is 1.61. The zero-order chi connectivity index (χ0) is 20.2. The summed E-state index contributed by atoms with van der Waals surface area (Å²) in [6.45, 7) is 2.97. The van der Waals surface area contributed by atoms with E-state index in [9.17, 15) is 9.59 Å². The number of hydrogen-bond donors (Lipinski definition) is 1. The third kappa shape index (κ3) is 4.75. The highest BCUT2D eigenvalue weighted by atomic mass is 35.5. The molecule has 0 bridgehead atoms. The maximum Gasteiger partial charge on any atom is 0.267 e. The maximum absolute atomic E-state index is 12.2. The predicted molar refractivity (Wildman–Crippen MR) is 115 cm³/mol. The minimum Gasteiger partial charge on any atom is -0.368 e. The Morgan fingerprint density at radius 3 is 2.66 bits per heavy atom. The normalized spacial score (nSPS) is 14.1. The molecular weight excluding hydrogens is 412 g/mol. The van der Waals surface area contributed by atoms with Crippen LogP contribution < -0.4 is 20.7 Å². The quantitative estimate of drug-likeness (QED) is 0.668. The van der Waals surface area contributed by atoms with Crippen molar-refractivity contribution < 1.29 is 4.79 Å². The van der Waals surface area contributed by atoms with E-state index in [0.717, 1.165) is 36.9 Å². The van der Waals surface area contributed by atoms with Gasteiger partial charge < -0.3 is 15.1 Å². The predicted octanol–water partition coefficient (Wildman–Crippen LogP) is 2.32. The molecule has 1 saturated heterocycles. The zero-order valence-corrected chi connectivity index (χ0v) is 17.1. The lowest BCUT2D eigenvalue weighted by Crippen LogP contribution is -2.47. The van der Waals surface area contributed by atoms with Crippen molar-refractivity contribution in [2.75, 3.05) is 41.3 Å². The Bertz CT molecular complexity index is 1050. The fourth-order valence-corrected chi connectivity index (χ4v) is 3.90. The third-order valence-electron chi connectivity index (χ3n) is 4.60. The Labute approximate surface area is 176 Å². The lowest BCUT2D eigenvalue weighted by atomic mass is 10.2. The smallest absolute Gasteiger partial charge is 0.267 e. The minimum absolute atomic E-state index is 0.158. The highest BCUT2D eigenvalue weighted by molar-refractivity contribution is 7.13. The number of nitrogens with zero attached hydrogens (tertiary/aromatic N) is 5. The molecule has 2 aromatic heterocycles. The molecule has 1 aromatic carbocycles. The van der Waals surface area contributed by atoms with Gasteiger partial charge in [-0.1, -0.05) is 17.7 Å². The summed E-state index contributed by atoms with van der Waals surface area (Å²) in [5.74, 6) is 0.342. The molecule has 1 aliphatic rings. The number of rotatable bonds is 5. The van der Waals surface area contributed by atoms with Gasteiger partial charge >= 0.3 is 0 Å². The van der Waals surface area contributed by atoms with Crippen LogP contribution in [0.2, 0.25) is 5.02 Å². The van der Waals surface area contributed by atoms with Gasteiger partial charge in [-0.2, -0.15) is 5.10 Å². The summed E-state index contributed by atoms with van der Waals surface area (Å²) in [4.78, 5) is 32.7. The number of thiazole rings is 1. The van der Waals surface area contributed by atoms with Crippen molar-refractivity contribution in [2.24, 2.45) is 0 Å². The largest absolute Gasteiger partial charge is 0.368 e. The van der Waals surface area contributed by atoms with E-state index in [1.807, 2.05) is 24.3 Å². The highest BCUT2D eigenvalue weighted by Crippen LogP contribution is 2.22. The van der Waals surface area contributed by atoms with Crippen LogP contribution >= 0.6 is 22.9 Å². The van der Waals surface area contributed by atoms with Crippen LogP contribution in [0.15, 0.2) is 52.8 Å². The van der Waals surface area contributed by atoms with Gasteiger partial charge in [-0.05, 0) is 24.3 Å². The van der Waals surface area contributed by atoms with Crippen LogP contribution in [0.5, 0.6) is 0 Å². The van der Waals surface area contributed by atoms with E-state index < -0.39 is 0 Å². The second-order valence-electron chi connectivity index (χ2n) is 6.53. The minimum atomic E-state index is -0.336. The number of halogens is 1. The molecular formula is C19H19ClN6O2S. The topological polar surface area (TPSA) is 83.4 Å². The van der Waals surface area contributed by atoms with Crippen LogP contribution in [0.25, 0.3) is 0 Å². The van der Waals surface area contributed by atoms with E-state index in [-0.39, 0.29) is 18.0 Å². The number of amides is 1. The Morgan fingerprint density at radius 1 is 1.14 bits per heavy atom. The van der Waals surface area contributed by atoms with Crippen molar-refractivity contribution in [1.29, 1.82) is 0 Å². The molecule has 1 fully saturated rings. The van der Waals surface area contributed by atoms with Gasteiger partial charge in [0.25, 0.3) is 5.56 Å². The fraction of sp³-hybridized carbons (Fsp3) is 0.263. The van der Waals surface area contributed by atoms with Crippen LogP contribution in [0, 0.1) is 0 Å². The first-order chi connectivity index (χ1) is 14.1. The molecule has 10 heteroatoms. The fourth-order valence-electron chi connectivity index (χ4n) is 3.17. The summed E-state index contributed by atoms with van der Waals surface area (Å²) in [7, 11) is 0. The number of hydrogen-bond acceptors (Lipinski definition) is 7. The molecule has 0 radical (unpaired) electrons. The molecule has 1 aliphatic heterocycles. The molecule has 1 N–H and O–H groups in total. The first-order valence-electron chi connectivity index (χ1n) is 9.11. The van der Waals surface area contributed by atoms with E-state index in [4.69, 9.17) is 11.6 Å². The Morgan fingerprint density at radius 2 is 1.93 bits per heavy atom. The van der Waals surface area contributed by atoms with Crippen molar-refractivity contribution in [3.63, 3.8) is 0 Å². The van der Waals surface area contributed by atoms with Crippen molar-refractivity contribution in [3.8, 4) is 0 Å². The van der Waals surface area contributed by atoms with Crippen molar-refractivity contribution >= 4 is 45.5 Å². The zero-order valence-electron chi connectivity index (χ0n) is 15.5. The maximum atomic E-state index is 12.2. The molecule has 29 heavy (non-hydrogen) atoms. The molecule has 0 aliphatic carbocycles. The molecule has 0 atom stereocenters. The Hall–Kier alpha value is -2.91. The van der Waals surface area contributed by atoms with E-state index in [2.05, 4.69) is 25.2 Å². The summed E-state index contributed by atoms with van der Waals surface area (Å²) in [6, 6.07) is 10.9. The molecule has 0 saturated carbocycles. The SMILES string of the molecule is O=C(Cn1nc(N2CCN(c3cccc(Cl)c3)CC2)ccc1=O)Nc1nccs1. The van der Waals surface area contributed by atoms with Crippen LogP contribution in [-0.4, -0.2) is 46.9 Å². The molecule has 150 valence electrons. The Balaban J connectivity index is 1.41. The molecule has 3 heterocycles. The summed E-state index contributed by atoms with van der Waals surface area (Å²) in [5, 5.41) is 10.0. The van der Waals surface area contributed by atoms with Gasteiger partial charge in [0.1, 0.15) is 12.4 Å². The first kappa shape index (κ1) is 19.4. The average molecular weight is 431 g/mol. The molecule has 3 aromatic rings. The van der Waals surface area contributed by atoms with Crippen molar-refractivity contribution in [3.05, 3.63) is 63.4 Å². The van der Waals surface area contributed by atoms with E-state index in [0.29, 0.717) is 10.9 Å². The average Bonchev–Trinajstić information content (AvgIpc) is 3.23. The number of benzene rings is 1. The van der Waals surface area contributed by atoms with Crippen LogP contribution in [-0.2, 0) is 11.3 Å². The first-order valence-corrected chi connectivity index (χ1v) is 10.4. The lowest BCUT2D eigenvalue weighted by molar-refractivity contribution is -0.117. The Kier molecular flexibility index (Phi) is 5.77.